The van der Waals surface area contributed by atoms with Crippen molar-refractivity contribution in [3.63, 3.8) is 0 Å². The largest absolute Gasteiger partial charge is 0.423 e. The van der Waals surface area contributed by atoms with Gasteiger partial charge in [-0.25, -0.2) is 14.8 Å². The highest BCUT2D eigenvalue weighted by atomic mass is 16.5. The van der Waals surface area contributed by atoms with Gasteiger partial charge in [0.1, 0.15) is 11.9 Å². The lowest BCUT2D eigenvalue weighted by Gasteiger charge is -2.33. The van der Waals surface area contributed by atoms with Crippen LogP contribution in [0.5, 0.6) is 0 Å². The van der Waals surface area contributed by atoms with Gasteiger partial charge in [0.2, 0.25) is 11.8 Å². The van der Waals surface area contributed by atoms with Gasteiger partial charge in [-0.2, -0.15) is 0 Å². The number of aromatic nitrogens is 4. The first kappa shape index (κ1) is 17.3. The smallest absolute Gasteiger partial charge is 0.322 e. The Balaban J connectivity index is 1.73. The average molecular weight is 346 g/mol. The molecule has 2 aromatic rings. The van der Waals surface area contributed by atoms with Gasteiger partial charge in [0, 0.05) is 18.9 Å². The van der Waals surface area contributed by atoms with Crippen LogP contribution >= 0.6 is 0 Å². The van der Waals surface area contributed by atoms with E-state index >= 15 is 0 Å². The molecule has 1 aliphatic heterocycles. The lowest BCUT2D eigenvalue weighted by atomic mass is 10.2. The second kappa shape index (κ2) is 7.56. The number of nitrogens with zero attached hydrogens (tertiary/aromatic N) is 5. The molecule has 0 spiro atoms. The van der Waals surface area contributed by atoms with Gasteiger partial charge in [-0.3, -0.25) is 0 Å². The maximum atomic E-state index is 12.7. The molecule has 1 atom stereocenters. The van der Waals surface area contributed by atoms with Crippen molar-refractivity contribution in [3.05, 3.63) is 30.0 Å². The number of carbonyl (C=O) groups is 1. The summed E-state index contributed by atoms with van der Waals surface area (Å²) >= 11 is 0. The lowest BCUT2D eigenvalue weighted by Crippen LogP contribution is -2.45. The summed E-state index contributed by atoms with van der Waals surface area (Å²) in [5, 5.41) is 10.9. The van der Waals surface area contributed by atoms with Crippen molar-refractivity contribution in [3.8, 4) is 0 Å². The molecule has 3 rings (SSSR count). The van der Waals surface area contributed by atoms with Crippen LogP contribution in [-0.4, -0.2) is 50.9 Å². The highest BCUT2D eigenvalue weighted by Gasteiger charge is 2.33. The number of hydrogen-bond donors (Lipinski definition) is 1. The second-order valence-electron chi connectivity index (χ2n) is 6.09. The fraction of sp³-hybridized carbons (Fsp3) is 0.562. The third-order valence-corrected chi connectivity index (χ3v) is 3.90. The van der Waals surface area contributed by atoms with Gasteiger partial charge in [-0.15, -0.1) is 10.2 Å². The lowest BCUT2D eigenvalue weighted by molar-refractivity contribution is 0.00494. The first-order valence-electron chi connectivity index (χ1n) is 8.38. The SMILES string of the molecule is CCc1ncc(NC(=O)N2CCOC[C@@H]2c2nnc(C(C)C)o2)cn1. The molecule has 1 fully saturated rings. The van der Waals surface area contributed by atoms with Crippen molar-refractivity contribution >= 4 is 11.7 Å². The number of urea groups is 1. The number of ether oxygens (including phenoxy) is 1. The Hall–Kier alpha value is -2.55. The molecule has 0 aromatic carbocycles. The molecular formula is C16H22N6O3. The topological polar surface area (TPSA) is 106 Å². The molecule has 0 radical (unpaired) electrons. The van der Waals surface area contributed by atoms with E-state index < -0.39 is 6.04 Å². The van der Waals surface area contributed by atoms with E-state index in [0.717, 1.165) is 12.2 Å². The predicted octanol–water partition coefficient (Wildman–Crippen LogP) is 2.15. The molecule has 0 bridgehead atoms. The van der Waals surface area contributed by atoms with E-state index in [4.69, 9.17) is 9.15 Å². The number of carbonyl (C=O) groups excluding carboxylic acids is 1. The van der Waals surface area contributed by atoms with Crippen molar-refractivity contribution < 1.29 is 13.9 Å². The van der Waals surface area contributed by atoms with E-state index in [1.165, 1.54) is 0 Å². The van der Waals surface area contributed by atoms with Crippen molar-refractivity contribution in [2.75, 3.05) is 25.1 Å². The van der Waals surface area contributed by atoms with Crippen LogP contribution < -0.4 is 5.32 Å². The molecule has 0 unspecified atom stereocenters. The zero-order valence-electron chi connectivity index (χ0n) is 14.6. The number of nitrogens with one attached hydrogen (secondary N) is 1. The number of amides is 2. The molecule has 9 nitrogen and oxygen atoms in total. The van der Waals surface area contributed by atoms with Gasteiger partial charge in [0.05, 0.1) is 31.3 Å². The minimum Gasteiger partial charge on any atom is -0.423 e. The van der Waals surface area contributed by atoms with Crippen LogP contribution in [0.25, 0.3) is 0 Å². The Bertz CT molecular complexity index is 715. The van der Waals surface area contributed by atoms with Crippen LogP contribution in [0.4, 0.5) is 10.5 Å². The third-order valence-electron chi connectivity index (χ3n) is 3.90. The molecule has 9 heteroatoms. The van der Waals surface area contributed by atoms with Crippen LogP contribution in [-0.2, 0) is 11.2 Å². The van der Waals surface area contributed by atoms with Crippen LogP contribution in [0.15, 0.2) is 16.8 Å². The van der Waals surface area contributed by atoms with E-state index in [0.29, 0.717) is 37.2 Å². The van der Waals surface area contributed by atoms with Crippen LogP contribution in [0, 0.1) is 0 Å². The second-order valence-corrected chi connectivity index (χ2v) is 6.09. The highest BCUT2D eigenvalue weighted by molar-refractivity contribution is 5.89. The molecule has 3 heterocycles. The van der Waals surface area contributed by atoms with Crippen molar-refractivity contribution in [1.82, 2.24) is 25.1 Å². The number of hydrogen-bond acceptors (Lipinski definition) is 7. The molecule has 1 N–H and O–H groups in total. The molecule has 2 aromatic heterocycles. The summed E-state index contributed by atoms with van der Waals surface area (Å²) in [5.74, 6) is 1.79. The predicted molar refractivity (Wildman–Crippen MR) is 89.1 cm³/mol. The molecular weight excluding hydrogens is 324 g/mol. The van der Waals surface area contributed by atoms with Crippen molar-refractivity contribution in [2.45, 2.75) is 39.2 Å². The Morgan fingerprint density at radius 2 is 2.12 bits per heavy atom. The Morgan fingerprint density at radius 1 is 1.36 bits per heavy atom. The summed E-state index contributed by atoms with van der Waals surface area (Å²) in [7, 11) is 0. The monoisotopic (exact) mass is 346 g/mol. The fourth-order valence-corrected chi connectivity index (χ4v) is 2.46. The van der Waals surface area contributed by atoms with Gasteiger partial charge in [0.15, 0.2) is 0 Å². The molecule has 0 aliphatic carbocycles. The average Bonchev–Trinajstić information content (AvgIpc) is 3.12. The molecule has 25 heavy (non-hydrogen) atoms. The number of aryl methyl sites for hydroxylation is 1. The fourth-order valence-electron chi connectivity index (χ4n) is 2.46. The minimum atomic E-state index is -0.412. The maximum absolute atomic E-state index is 12.7. The van der Waals surface area contributed by atoms with Gasteiger partial charge >= 0.3 is 6.03 Å². The molecule has 134 valence electrons. The van der Waals surface area contributed by atoms with E-state index in [1.54, 1.807) is 17.3 Å². The van der Waals surface area contributed by atoms with Gasteiger partial charge in [-0.1, -0.05) is 20.8 Å². The van der Waals surface area contributed by atoms with Crippen molar-refractivity contribution in [1.29, 1.82) is 0 Å². The zero-order chi connectivity index (χ0) is 17.8. The number of morpholine rings is 1. The molecule has 2 amide bonds. The number of anilines is 1. The highest BCUT2D eigenvalue weighted by Crippen LogP contribution is 2.25. The summed E-state index contributed by atoms with van der Waals surface area (Å²) in [6.45, 7) is 7.13. The first-order chi connectivity index (χ1) is 12.1. The van der Waals surface area contributed by atoms with Crippen LogP contribution in [0.1, 0.15) is 50.3 Å². The van der Waals surface area contributed by atoms with Crippen LogP contribution in [0.3, 0.4) is 0 Å². The van der Waals surface area contributed by atoms with Gasteiger partial charge in [-0.05, 0) is 0 Å². The molecule has 0 saturated carbocycles. The quantitative estimate of drug-likeness (QED) is 0.904. The van der Waals surface area contributed by atoms with Crippen molar-refractivity contribution in [2.24, 2.45) is 0 Å². The molecule has 1 saturated heterocycles. The standard InChI is InChI=1S/C16H22N6O3/c1-4-13-17-7-11(8-18-13)19-16(23)22-5-6-24-9-12(22)15-21-20-14(25-15)10(2)3/h7-8,10,12H,4-6,9H2,1-3H3,(H,19,23)/t12-/m1/s1. The van der Waals surface area contributed by atoms with Gasteiger partial charge < -0.3 is 19.4 Å². The zero-order valence-corrected chi connectivity index (χ0v) is 14.6. The van der Waals surface area contributed by atoms with E-state index in [9.17, 15) is 4.79 Å². The molecule has 1 aliphatic rings. The van der Waals surface area contributed by atoms with Crippen LogP contribution in [0.2, 0.25) is 0 Å². The van der Waals surface area contributed by atoms with E-state index in [2.05, 4.69) is 25.5 Å². The third kappa shape index (κ3) is 3.93. The Labute approximate surface area is 145 Å². The maximum Gasteiger partial charge on any atom is 0.322 e. The van der Waals surface area contributed by atoms with Gasteiger partial charge in [0.25, 0.3) is 0 Å². The number of rotatable bonds is 4. The van der Waals surface area contributed by atoms with E-state index in [1.807, 2.05) is 20.8 Å². The summed E-state index contributed by atoms with van der Waals surface area (Å²) < 4.78 is 11.2. The summed E-state index contributed by atoms with van der Waals surface area (Å²) in [5.41, 5.74) is 0.542. The van der Waals surface area contributed by atoms with E-state index in [-0.39, 0.29) is 11.9 Å². The summed E-state index contributed by atoms with van der Waals surface area (Å²) in [6, 6.07) is -0.685. The Kier molecular flexibility index (Phi) is 5.22. The first-order valence-corrected chi connectivity index (χ1v) is 8.38. The summed E-state index contributed by atoms with van der Waals surface area (Å²) in [6.07, 6.45) is 3.95. The summed E-state index contributed by atoms with van der Waals surface area (Å²) in [4.78, 5) is 22.7. The normalized spacial score (nSPS) is 17.8. The minimum absolute atomic E-state index is 0.127. The Morgan fingerprint density at radius 3 is 2.76 bits per heavy atom.